The van der Waals surface area contributed by atoms with E-state index in [1.165, 1.54) is 12.1 Å². The largest absolute Gasteiger partial charge is 0.417 e. The van der Waals surface area contributed by atoms with Crippen LogP contribution in [0.25, 0.3) is 11.3 Å². The third-order valence-electron chi connectivity index (χ3n) is 2.76. The van der Waals surface area contributed by atoms with Gasteiger partial charge in [-0.2, -0.15) is 13.2 Å². The molecule has 0 aliphatic heterocycles. The Labute approximate surface area is 97.5 Å². The van der Waals surface area contributed by atoms with E-state index in [0.29, 0.717) is 5.69 Å². The van der Waals surface area contributed by atoms with Crippen LogP contribution in [0.1, 0.15) is 11.1 Å². The highest BCUT2D eigenvalue weighted by Gasteiger charge is 2.34. The normalized spacial score (nSPS) is 11.8. The van der Waals surface area contributed by atoms with Crippen molar-refractivity contribution in [3.8, 4) is 11.3 Å². The second-order valence-electron chi connectivity index (χ2n) is 4.00. The Morgan fingerprint density at radius 2 is 1.71 bits per heavy atom. The standard InChI is InChI=1S/C13H12F3N/c1-9-7-8-17(2)12(9)10-5-3-4-6-11(10)13(14,15)16/h3-8H,1-2H3. The van der Waals surface area contributed by atoms with Crippen LogP contribution in [0.2, 0.25) is 0 Å². The molecule has 1 aromatic carbocycles. The number of aromatic nitrogens is 1. The van der Waals surface area contributed by atoms with E-state index < -0.39 is 11.7 Å². The maximum atomic E-state index is 12.9. The number of halogens is 3. The average molecular weight is 239 g/mol. The SMILES string of the molecule is Cc1ccn(C)c1-c1ccccc1C(F)(F)F. The predicted molar refractivity (Wildman–Crippen MR) is 60.6 cm³/mol. The summed E-state index contributed by atoms with van der Waals surface area (Å²) >= 11 is 0. The van der Waals surface area contributed by atoms with Crippen LogP contribution in [0, 0.1) is 6.92 Å². The van der Waals surface area contributed by atoms with Crippen molar-refractivity contribution in [3.05, 3.63) is 47.7 Å². The Kier molecular flexibility index (Phi) is 2.73. The summed E-state index contributed by atoms with van der Waals surface area (Å²) < 4.78 is 40.4. The number of benzene rings is 1. The van der Waals surface area contributed by atoms with Crippen LogP contribution in [0.15, 0.2) is 36.5 Å². The maximum Gasteiger partial charge on any atom is 0.417 e. The number of hydrogen-bond donors (Lipinski definition) is 0. The zero-order chi connectivity index (χ0) is 12.6. The van der Waals surface area contributed by atoms with Crippen molar-refractivity contribution in [1.82, 2.24) is 4.57 Å². The lowest BCUT2D eigenvalue weighted by Gasteiger charge is -2.14. The molecule has 0 spiro atoms. The van der Waals surface area contributed by atoms with E-state index in [2.05, 4.69) is 0 Å². The molecule has 17 heavy (non-hydrogen) atoms. The van der Waals surface area contributed by atoms with Gasteiger partial charge in [0.05, 0.1) is 11.3 Å². The summed E-state index contributed by atoms with van der Waals surface area (Å²) in [4.78, 5) is 0. The molecule has 0 saturated heterocycles. The Morgan fingerprint density at radius 3 is 2.24 bits per heavy atom. The third-order valence-corrected chi connectivity index (χ3v) is 2.76. The summed E-state index contributed by atoms with van der Waals surface area (Å²) in [5.41, 5.74) is 1.08. The Bertz CT molecular complexity index is 518. The second-order valence-corrected chi connectivity index (χ2v) is 4.00. The molecule has 90 valence electrons. The lowest BCUT2D eigenvalue weighted by atomic mass is 10.0. The predicted octanol–water partition coefficient (Wildman–Crippen LogP) is 4.02. The molecule has 0 bridgehead atoms. The van der Waals surface area contributed by atoms with Crippen LogP contribution >= 0.6 is 0 Å². The lowest BCUT2D eigenvalue weighted by Crippen LogP contribution is -2.08. The second kappa shape index (κ2) is 3.95. The molecule has 1 aromatic heterocycles. The molecular formula is C13H12F3N. The molecule has 0 saturated carbocycles. The van der Waals surface area contributed by atoms with Crippen LogP contribution < -0.4 is 0 Å². The van der Waals surface area contributed by atoms with E-state index >= 15 is 0 Å². The van der Waals surface area contributed by atoms with Crippen molar-refractivity contribution in [2.45, 2.75) is 13.1 Å². The molecule has 0 atom stereocenters. The van der Waals surface area contributed by atoms with E-state index in [1.54, 1.807) is 23.9 Å². The monoisotopic (exact) mass is 239 g/mol. The van der Waals surface area contributed by atoms with Gasteiger partial charge < -0.3 is 4.57 Å². The summed E-state index contributed by atoms with van der Waals surface area (Å²) in [6.07, 6.45) is -2.56. The van der Waals surface area contributed by atoms with Crippen molar-refractivity contribution in [2.75, 3.05) is 0 Å². The molecule has 4 heteroatoms. The van der Waals surface area contributed by atoms with Crippen molar-refractivity contribution in [1.29, 1.82) is 0 Å². The van der Waals surface area contributed by atoms with Gasteiger partial charge in [-0.05, 0) is 24.6 Å². The van der Waals surface area contributed by atoms with Gasteiger partial charge in [0.2, 0.25) is 0 Å². The minimum atomic E-state index is -4.33. The van der Waals surface area contributed by atoms with E-state index in [1.807, 2.05) is 13.0 Å². The van der Waals surface area contributed by atoms with Crippen LogP contribution in [0.4, 0.5) is 13.2 Å². The fourth-order valence-electron chi connectivity index (χ4n) is 1.99. The summed E-state index contributed by atoms with van der Waals surface area (Å²) in [7, 11) is 1.75. The van der Waals surface area contributed by atoms with Gasteiger partial charge in [-0.25, -0.2) is 0 Å². The van der Waals surface area contributed by atoms with Crippen molar-refractivity contribution < 1.29 is 13.2 Å². The van der Waals surface area contributed by atoms with E-state index in [9.17, 15) is 13.2 Å². The van der Waals surface area contributed by atoms with Gasteiger partial charge in [0.15, 0.2) is 0 Å². The summed E-state index contributed by atoms with van der Waals surface area (Å²) in [6.45, 7) is 1.81. The van der Waals surface area contributed by atoms with Gasteiger partial charge in [0.25, 0.3) is 0 Å². The molecule has 2 aromatic rings. The molecular weight excluding hydrogens is 227 g/mol. The van der Waals surface area contributed by atoms with E-state index in [-0.39, 0.29) is 5.56 Å². The highest BCUT2D eigenvalue weighted by atomic mass is 19.4. The van der Waals surface area contributed by atoms with E-state index in [4.69, 9.17) is 0 Å². The first-order valence-electron chi connectivity index (χ1n) is 5.20. The molecule has 1 heterocycles. The van der Waals surface area contributed by atoms with Crippen LogP contribution in [-0.2, 0) is 13.2 Å². The highest BCUT2D eigenvalue weighted by molar-refractivity contribution is 5.68. The van der Waals surface area contributed by atoms with Crippen LogP contribution in [0.5, 0.6) is 0 Å². The van der Waals surface area contributed by atoms with Gasteiger partial charge in [-0.1, -0.05) is 18.2 Å². The molecule has 2 rings (SSSR count). The summed E-state index contributed by atoms with van der Waals surface area (Å²) in [5, 5.41) is 0. The lowest BCUT2D eigenvalue weighted by molar-refractivity contribution is -0.137. The zero-order valence-electron chi connectivity index (χ0n) is 9.55. The molecule has 0 fully saturated rings. The molecule has 0 aliphatic rings. The van der Waals surface area contributed by atoms with Crippen LogP contribution in [-0.4, -0.2) is 4.57 Å². The minimum Gasteiger partial charge on any atom is -0.350 e. The maximum absolute atomic E-state index is 12.9. The molecule has 0 unspecified atom stereocenters. The quantitative estimate of drug-likeness (QED) is 0.708. The first kappa shape index (κ1) is 11.8. The van der Waals surface area contributed by atoms with Gasteiger partial charge in [0.1, 0.15) is 0 Å². The summed E-state index contributed by atoms with van der Waals surface area (Å²) in [5.74, 6) is 0. The number of hydrogen-bond acceptors (Lipinski definition) is 0. The number of aryl methyl sites for hydroxylation is 2. The number of rotatable bonds is 1. The highest BCUT2D eigenvalue weighted by Crippen LogP contribution is 2.37. The smallest absolute Gasteiger partial charge is 0.350 e. The zero-order valence-corrected chi connectivity index (χ0v) is 9.55. The average Bonchev–Trinajstić information content (AvgIpc) is 2.57. The number of nitrogens with zero attached hydrogens (tertiary/aromatic N) is 1. The third kappa shape index (κ3) is 2.07. The molecule has 1 nitrogen and oxygen atoms in total. The molecule has 0 N–H and O–H groups in total. The molecule has 0 radical (unpaired) electrons. The number of alkyl halides is 3. The van der Waals surface area contributed by atoms with Gasteiger partial charge in [0, 0.05) is 18.8 Å². The van der Waals surface area contributed by atoms with Crippen molar-refractivity contribution >= 4 is 0 Å². The van der Waals surface area contributed by atoms with Crippen LogP contribution in [0.3, 0.4) is 0 Å². The van der Waals surface area contributed by atoms with Crippen molar-refractivity contribution in [3.63, 3.8) is 0 Å². The minimum absolute atomic E-state index is 0.227. The fraction of sp³-hybridized carbons (Fsp3) is 0.231. The Hall–Kier alpha value is -1.71. The van der Waals surface area contributed by atoms with Crippen molar-refractivity contribution in [2.24, 2.45) is 7.05 Å². The van der Waals surface area contributed by atoms with Gasteiger partial charge in [-0.3, -0.25) is 0 Å². The fourth-order valence-corrected chi connectivity index (χ4v) is 1.99. The Balaban J connectivity index is 2.69. The topological polar surface area (TPSA) is 4.93 Å². The molecule has 0 aliphatic carbocycles. The first-order chi connectivity index (χ1) is 7.91. The Morgan fingerprint density at radius 1 is 1.06 bits per heavy atom. The van der Waals surface area contributed by atoms with Gasteiger partial charge in [-0.15, -0.1) is 0 Å². The van der Waals surface area contributed by atoms with Gasteiger partial charge >= 0.3 is 6.18 Å². The van der Waals surface area contributed by atoms with E-state index in [0.717, 1.165) is 11.6 Å². The first-order valence-corrected chi connectivity index (χ1v) is 5.20. The summed E-state index contributed by atoms with van der Waals surface area (Å²) in [6, 6.07) is 7.46. The molecule has 0 amide bonds.